The number of carbonyl (C=O) groups is 1. The Kier molecular flexibility index (Phi) is 3.95. The van der Waals surface area contributed by atoms with Crippen LogP contribution in [0, 0.1) is 11.3 Å². The van der Waals surface area contributed by atoms with E-state index in [4.69, 9.17) is 21.6 Å². The highest BCUT2D eigenvalue weighted by Crippen LogP contribution is 2.15. The second-order valence-electron chi connectivity index (χ2n) is 2.84. The summed E-state index contributed by atoms with van der Waals surface area (Å²) in [7, 11) is 1.49. The Labute approximate surface area is 92.6 Å². The van der Waals surface area contributed by atoms with Gasteiger partial charge in [-0.25, -0.2) is 4.79 Å². The van der Waals surface area contributed by atoms with Gasteiger partial charge in [0.2, 0.25) is 0 Å². The second kappa shape index (κ2) is 5.23. The van der Waals surface area contributed by atoms with Crippen LogP contribution in [-0.4, -0.2) is 24.6 Å². The molecule has 1 aromatic rings. The molecule has 5 heteroatoms. The number of carbonyl (C=O) groups excluding carboxylic acids is 1. The number of nitrogens with zero attached hydrogens (tertiary/aromatic N) is 2. The maximum absolute atomic E-state index is 11.3. The molecule has 0 radical (unpaired) electrons. The summed E-state index contributed by atoms with van der Waals surface area (Å²) < 4.78 is 4.96. The number of benzene rings is 1. The average molecular weight is 225 g/mol. The highest BCUT2D eigenvalue weighted by atomic mass is 35.5. The van der Waals surface area contributed by atoms with Crippen LogP contribution < -0.4 is 4.74 Å². The van der Waals surface area contributed by atoms with Gasteiger partial charge in [0.1, 0.15) is 12.3 Å². The standard InChI is InChI=1S/C10H9ClN2O2/c1-13(7-6-12)10(14)15-9-4-2-8(11)3-5-9/h2-5H,7H2,1H3. The monoisotopic (exact) mass is 224 g/mol. The number of amides is 1. The topological polar surface area (TPSA) is 53.3 Å². The molecule has 1 aromatic carbocycles. The molecule has 0 aliphatic carbocycles. The van der Waals surface area contributed by atoms with Crippen LogP contribution in [0.1, 0.15) is 0 Å². The van der Waals surface area contributed by atoms with Crippen LogP contribution in [-0.2, 0) is 0 Å². The van der Waals surface area contributed by atoms with Gasteiger partial charge in [-0.2, -0.15) is 5.26 Å². The third-order valence-corrected chi connectivity index (χ3v) is 1.89. The number of nitriles is 1. The minimum Gasteiger partial charge on any atom is -0.410 e. The summed E-state index contributed by atoms with van der Waals surface area (Å²) in [6, 6.07) is 8.25. The van der Waals surface area contributed by atoms with E-state index in [1.807, 2.05) is 6.07 Å². The van der Waals surface area contributed by atoms with Gasteiger partial charge < -0.3 is 4.74 Å². The molecule has 0 aliphatic rings. The Morgan fingerprint density at radius 1 is 1.53 bits per heavy atom. The molecule has 0 unspecified atom stereocenters. The fraction of sp³-hybridized carbons (Fsp3) is 0.200. The Hall–Kier alpha value is -1.73. The molecule has 0 atom stereocenters. The lowest BCUT2D eigenvalue weighted by Crippen LogP contribution is -2.29. The van der Waals surface area contributed by atoms with Gasteiger partial charge in [-0.15, -0.1) is 0 Å². The molecular formula is C10H9ClN2O2. The second-order valence-corrected chi connectivity index (χ2v) is 3.27. The van der Waals surface area contributed by atoms with Gasteiger partial charge in [0, 0.05) is 12.1 Å². The number of hydrogen-bond donors (Lipinski definition) is 0. The Morgan fingerprint density at radius 3 is 2.67 bits per heavy atom. The molecule has 0 aromatic heterocycles. The van der Waals surface area contributed by atoms with E-state index in [-0.39, 0.29) is 6.54 Å². The summed E-state index contributed by atoms with van der Waals surface area (Å²) in [6.07, 6.45) is -0.570. The van der Waals surface area contributed by atoms with Crippen LogP contribution >= 0.6 is 11.6 Å². The van der Waals surface area contributed by atoms with E-state index in [9.17, 15) is 4.79 Å². The zero-order valence-corrected chi connectivity index (χ0v) is 8.86. The first-order valence-electron chi connectivity index (χ1n) is 4.19. The van der Waals surface area contributed by atoms with Gasteiger partial charge in [-0.1, -0.05) is 11.6 Å². The summed E-state index contributed by atoms with van der Waals surface area (Å²) in [5.41, 5.74) is 0. The first-order chi connectivity index (χ1) is 7.13. The van der Waals surface area contributed by atoms with E-state index in [0.29, 0.717) is 10.8 Å². The van der Waals surface area contributed by atoms with E-state index in [1.54, 1.807) is 24.3 Å². The highest BCUT2D eigenvalue weighted by molar-refractivity contribution is 6.30. The molecule has 0 aliphatic heterocycles. The molecule has 0 spiro atoms. The van der Waals surface area contributed by atoms with Crippen molar-refractivity contribution in [1.29, 1.82) is 5.26 Å². The van der Waals surface area contributed by atoms with Crippen molar-refractivity contribution in [3.05, 3.63) is 29.3 Å². The molecule has 0 saturated heterocycles. The predicted molar refractivity (Wildman–Crippen MR) is 55.7 cm³/mol. The molecule has 0 heterocycles. The molecule has 15 heavy (non-hydrogen) atoms. The van der Waals surface area contributed by atoms with Gasteiger partial charge in [-0.05, 0) is 24.3 Å². The zero-order chi connectivity index (χ0) is 11.3. The molecule has 1 amide bonds. The third kappa shape index (κ3) is 3.49. The quantitative estimate of drug-likeness (QED) is 0.725. The molecule has 4 nitrogen and oxygen atoms in total. The van der Waals surface area contributed by atoms with Crippen LogP contribution in [0.15, 0.2) is 24.3 Å². The fourth-order valence-electron chi connectivity index (χ4n) is 0.852. The van der Waals surface area contributed by atoms with Crippen molar-refractivity contribution < 1.29 is 9.53 Å². The lowest BCUT2D eigenvalue weighted by atomic mass is 10.3. The minimum atomic E-state index is -0.570. The van der Waals surface area contributed by atoms with Crippen LogP contribution in [0.5, 0.6) is 5.75 Å². The van der Waals surface area contributed by atoms with Crippen LogP contribution in [0.25, 0.3) is 0 Å². The van der Waals surface area contributed by atoms with E-state index in [2.05, 4.69) is 0 Å². The van der Waals surface area contributed by atoms with Crippen LogP contribution in [0.3, 0.4) is 0 Å². The molecule has 0 bridgehead atoms. The van der Waals surface area contributed by atoms with Gasteiger partial charge in [0.15, 0.2) is 0 Å². The zero-order valence-electron chi connectivity index (χ0n) is 8.11. The van der Waals surface area contributed by atoms with Crippen molar-refractivity contribution in [2.24, 2.45) is 0 Å². The average Bonchev–Trinajstić information content (AvgIpc) is 2.22. The number of halogens is 1. The predicted octanol–water partition coefficient (Wildman–Crippen LogP) is 2.29. The van der Waals surface area contributed by atoms with E-state index >= 15 is 0 Å². The van der Waals surface area contributed by atoms with Gasteiger partial charge in [0.25, 0.3) is 0 Å². The summed E-state index contributed by atoms with van der Waals surface area (Å²) in [6.45, 7) is -0.00752. The Balaban J connectivity index is 2.59. The summed E-state index contributed by atoms with van der Waals surface area (Å²) in [5.74, 6) is 0.397. The molecule has 78 valence electrons. The summed E-state index contributed by atoms with van der Waals surface area (Å²) in [4.78, 5) is 12.5. The molecule has 0 saturated carbocycles. The number of hydrogen-bond acceptors (Lipinski definition) is 3. The van der Waals surface area contributed by atoms with Gasteiger partial charge >= 0.3 is 6.09 Å². The molecule has 0 N–H and O–H groups in total. The SMILES string of the molecule is CN(CC#N)C(=O)Oc1ccc(Cl)cc1. The molecule has 1 rings (SSSR count). The Morgan fingerprint density at radius 2 is 2.13 bits per heavy atom. The molecule has 0 fully saturated rings. The summed E-state index contributed by atoms with van der Waals surface area (Å²) in [5, 5.41) is 8.94. The maximum Gasteiger partial charge on any atom is 0.415 e. The molecular weight excluding hydrogens is 216 g/mol. The van der Waals surface area contributed by atoms with Crippen LogP contribution in [0.2, 0.25) is 5.02 Å². The highest BCUT2D eigenvalue weighted by Gasteiger charge is 2.09. The number of rotatable bonds is 2. The minimum absolute atomic E-state index is 0.00752. The van der Waals surface area contributed by atoms with Crippen molar-refractivity contribution in [2.75, 3.05) is 13.6 Å². The fourth-order valence-corrected chi connectivity index (χ4v) is 0.978. The maximum atomic E-state index is 11.3. The first-order valence-corrected chi connectivity index (χ1v) is 4.56. The van der Waals surface area contributed by atoms with Crippen LogP contribution in [0.4, 0.5) is 4.79 Å². The largest absolute Gasteiger partial charge is 0.415 e. The first kappa shape index (κ1) is 11.3. The van der Waals surface area contributed by atoms with Crippen molar-refractivity contribution in [1.82, 2.24) is 4.90 Å². The van der Waals surface area contributed by atoms with Crippen molar-refractivity contribution in [3.8, 4) is 11.8 Å². The van der Waals surface area contributed by atoms with Crippen molar-refractivity contribution in [3.63, 3.8) is 0 Å². The number of ether oxygens (including phenoxy) is 1. The lowest BCUT2D eigenvalue weighted by molar-refractivity contribution is 0.168. The van der Waals surface area contributed by atoms with Crippen molar-refractivity contribution >= 4 is 17.7 Å². The van der Waals surface area contributed by atoms with Gasteiger partial charge in [-0.3, -0.25) is 4.90 Å². The van der Waals surface area contributed by atoms with Gasteiger partial charge in [0.05, 0.1) is 6.07 Å². The lowest BCUT2D eigenvalue weighted by Gasteiger charge is -2.12. The normalized spacial score (nSPS) is 9.13. The van der Waals surface area contributed by atoms with E-state index in [1.165, 1.54) is 11.9 Å². The van der Waals surface area contributed by atoms with Crippen molar-refractivity contribution in [2.45, 2.75) is 0 Å². The Bertz CT molecular complexity index is 383. The summed E-state index contributed by atoms with van der Waals surface area (Å²) >= 11 is 5.67. The smallest absolute Gasteiger partial charge is 0.410 e. The van der Waals surface area contributed by atoms with E-state index in [0.717, 1.165) is 0 Å². The third-order valence-electron chi connectivity index (χ3n) is 1.64. The van der Waals surface area contributed by atoms with E-state index < -0.39 is 6.09 Å².